The molecule has 3 heteroatoms. The average molecular weight is 255 g/mol. The van der Waals surface area contributed by atoms with Crippen molar-refractivity contribution in [1.82, 2.24) is 5.32 Å². The highest BCUT2D eigenvalue weighted by Crippen LogP contribution is 2.32. The van der Waals surface area contributed by atoms with E-state index in [2.05, 4.69) is 31.3 Å². The molecule has 1 unspecified atom stereocenters. The number of furan rings is 1. The second kappa shape index (κ2) is 4.57. The van der Waals surface area contributed by atoms with Crippen molar-refractivity contribution in [3.8, 4) is 0 Å². The van der Waals surface area contributed by atoms with Gasteiger partial charge in [0, 0.05) is 5.39 Å². The number of hydrogen-bond donors (Lipinski definition) is 1. The molecule has 0 saturated carbocycles. The van der Waals surface area contributed by atoms with Crippen LogP contribution in [0.15, 0.2) is 41.2 Å². The lowest BCUT2D eigenvalue weighted by Gasteiger charge is -2.19. The van der Waals surface area contributed by atoms with Crippen LogP contribution in [0.5, 0.6) is 0 Å². The van der Waals surface area contributed by atoms with E-state index in [4.69, 9.17) is 4.42 Å². The number of rotatable bonds is 2. The zero-order valence-electron chi connectivity index (χ0n) is 11.1. The highest BCUT2D eigenvalue weighted by molar-refractivity contribution is 5.88. The van der Waals surface area contributed by atoms with Crippen LogP contribution in [-0.4, -0.2) is 5.91 Å². The Bertz CT molecular complexity index is 652. The normalized spacial score (nSPS) is 19.1. The molecule has 1 aliphatic heterocycles. The maximum atomic E-state index is 12.0. The monoisotopic (exact) mass is 255 g/mol. The fraction of sp³-hybridized carbons (Fsp3) is 0.312. The van der Waals surface area contributed by atoms with Crippen molar-refractivity contribution in [2.45, 2.75) is 32.1 Å². The molecule has 3 rings (SSSR count). The molecule has 0 bridgehead atoms. The van der Waals surface area contributed by atoms with Crippen molar-refractivity contribution in [2.24, 2.45) is 0 Å². The number of nitrogens with one attached hydrogen (secondary N) is 1. The van der Waals surface area contributed by atoms with Crippen LogP contribution in [0.4, 0.5) is 0 Å². The molecule has 0 fully saturated rings. The summed E-state index contributed by atoms with van der Waals surface area (Å²) in [6.45, 7) is 4.28. The Hall–Kier alpha value is -2.03. The second-order valence-corrected chi connectivity index (χ2v) is 5.30. The van der Waals surface area contributed by atoms with Gasteiger partial charge in [0.05, 0.1) is 12.2 Å². The van der Waals surface area contributed by atoms with Crippen LogP contribution in [0.25, 0.3) is 11.0 Å². The van der Waals surface area contributed by atoms with Gasteiger partial charge in [0.2, 0.25) is 5.91 Å². The molecule has 2 heterocycles. The summed E-state index contributed by atoms with van der Waals surface area (Å²) < 4.78 is 5.56. The molecule has 1 aliphatic rings. The molecular formula is C16H17NO2. The van der Waals surface area contributed by atoms with Gasteiger partial charge in [-0.25, -0.2) is 0 Å². The highest BCUT2D eigenvalue weighted by Gasteiger charge is 2.23. The minimum absolute atomic E-state index is 0.0695. The van der Waals surface area contributed by atoms with Crippen LogP contribution in [0.3, 0.4) is 0 Å². The molecule has 0 spiro atoms. The van der Waals surface area contributed by atoms with Gasteiger partial charge in [0.1, 0.15) is 5.58 Å². The number of carbonyl (C=O) groups is 1. The van der Waals surface area contributed by atoms with Crippen LogP contribution in [-0.2, 0) is 4.79 Å². The van der Waals surface area contributed by atoms with E-state index in [1.54, 1.807) is 12.5 Å². The first-order valence-corrected chi connectivity index (χ1v) is 6.63. The zero-order chi connectivity index (χ0) is 13.4. The molecule has 1 aromatic carbocycles. The minimum atomic E-state index is -0.0956. The summed E-state index contributed by atoms with van der Waals surface area (Å²) in [6, 6.07) is 6.13. The SMILES string of the molecule is CC(C)c1cc(C2CC=CNC2=O)cc2ccoc12. The molecule has 1 aromatic heterocycles. The van der Waals surface area contributed by atoms with Crippen molar-refractivity contribution < 1.29 is 9.21 Å². The number of hydrogen-bond acceptors (Lipinski definition) is 2. The summed E-state index contributed by atoms with van der Waals surface area (Å²) in [7, 11) is 0. The lowest BCUT2D eigenvalue weighted by Crippen LogP contribution is -2.27. The first-order chi connectivity index (χ1) is 9.16. The lowest BCUT2D eigenvalue weighted by molar-refractivity contribution is -0.121. The number of benzene rings is 1. The predicted octanol–water partition coefficient (Wildman–Crippen LogP) is 3.67. The third-order valence-corrected chi connectivity index (χ3v) is 3.66. The second-order valence-electron chi connectivity index (χ2n) is 5.30. The van der Waals surface area contributed by atoms with E-state index in [9.17, 15) is 4.79 Å². The van der Waals surface area contributed by atoms with Crippen LogP contribution in [0, 0.1) is 0 Å². The summed E-state index contributed by atoms with van der Waals surface area (Å²) in [5.74, 6) is 0.345. The molecule has 0 aliphatic carbocycles. The molecular weight excluding hydrogens is 238 g/mol. The Balaban J connectivity index is 2.13. The third-order valence-electron chi connectivity index (χ3n) is 3.66. The van der Waals surface area contributed by atoms with Gasteiger partial charge in [-0.05, 0) is 41.8 Å². The fourth-order valence-electron chi connectivity index (χ4n) is 2.60. The van der Waals surface area contributed by atoms with Gasteiger partial charge in [-0.2, -0.15) is 0 Å². The summed E-state index contributed by atoms with van der Waals surface area (Å²) in [5, 5.41) is 3.85. The van der Waals surface area contributed by atoms with E-state index < -0.39 is 0 Å². The molecule has 1 atom stereocenters. The summed E-state index contributed by atoms with van der Waals surface area (Å²) in [5.41, 5.74) is 3.17. The molecule has 1 N–H and O–H groups in total. The summed E-state index contributed by atoms with van der Waals surface area (Å²) in [6.07, 6.45) is 6.19. The van der Waals surface area contributed by atoms with E-state index in [0.717, 1.165) is 23.0 Å². The van der Waals surface area contributed by atoms with Gasteiger partial charge in [-0.15, -0.1) is 0 Å². The Morgan fingerprint density at radius 1 is 1.37 bits per heavy atom. The molecule has 0 saturated heterocycles. The Morgan fingerprint density at radius 2 is 2.21 bits per heavy atom. The third kappa shape index (κ3) is 2.05. The zero-order valence-corrected chi connectivity index (χ0v) is 11.1. The van der Waals surface area contributed by atoms with E-state index in [0.29, 0.717) is 5.92 Å². The van der Waals surface area contributed by atoms with Crippen LogP contribution >= 0.6 is 0 Å². The van der Waals surface area contributed by atoms with Crippen molar-refractivity contribution in [3.05, 3.63) is 47.9 Å². The Labute approximate surface area is 112 Å². The van der Waals surface area contributed by atoms with Gasteiger partial charge in [0.15, 0.2) is 0 Å². The van der Waals surface area contributed by atoms with Crippen LogP contribution in [0.1, 0.15) is 43.2 Å². The van der Waals surface area contributed by atoms with Crippen molar-refractivity contribution in [1.29, 1.82) is 0 Å². The van der Waals surface area contributed by atoms with Crippen molar-refractivity contribution in [2.75, 3.05) is 0 Å². The van der Waals surface area contributed by atoms with Crippen LogP contribution in [0.2, 0.25) is 0 Å². The van der Waals surface area contributed by atoms with Gasteiger partial charge < -0.3 is 9.73 Å². The number of carbonyl (C=O) groups excluding carboxylic acids is 1. The standard InChI is InChI=1S/C16H17NO2/c1-10(2)14-9-12(8-11-5-7-19-15(11)14)13-4-3-6-17-16(13)18/h3,5-10,13H,4H2,1-2H3,(H,17,18). The van der Waals surface area contributed by atoms with E-state index >= 15 is 0 Å². The summed E-state index contributed by atoms with van der Waals surface area (Å²) in [4.78, 5) is 12.0. The van der Waals surface area contributed by atoms with Gasteiger partial charge >= 0.3 is 0 Å². The van der Waals surface area contributed by atoms with E-state index in [1.807, 2.05) is 12.1 Å². The van der Waals surface area contributed by atoms with Crippen molar-refractivity contribution >= 4 is 16.9 Å². The number of fused-ring (bicyclic) bond motifs is 1. The van der Waals surface area contributed by atoms with Crippen molar-refractivity contribution in [3.63, 3.8) is 0 Å². The smallest absolute Gasteiger partial charge is 0.231 e. The Kier molecular flexibility index (Phi) is 2.90. The molecule has 3 nitrogen and oxygen atoms in total. The number of amides is 1. The van der Waals surface area contributed by atoms with E-state index in [-0.39, 0.29) is 11.8 Å². The average Bonchev–Trinajstić information content (AvgIpc) is 2.86. The molecule has 1 amide bonds. The molecule has 0 radical (unpaired) electrons. The predicted molar refractivity (Wildman–Crippen MR) is 74.9 cm³/mol. The quantitative estimate of drug-likeness (QED) is 0.889. The maximum Gasteiger partial charge on any atom is 0.231 e. The first kappa shape index (κ1) is 12.0. The molecule has 2 aromatic rings. The fourth-order valence-corrected chi connectivity index (χ4v) is 2.60. The maximum absolute atomic E-state index is 12.0. The van der Waals surface area contributed by atoms with Crippen LogP contribution < -0.4 is 5.32 Å². The van der Waals surface area contributed by atoms with Gasteiger partial charge in [-0.1, -0.05) is 26.0 Å². The molecule has 19 heavy (non-hydrogen) atoms. The lowest BCUT2D eigenvalue weighted by atomic mass is 9.89. The Morgan fingerprint density at radius 3 is 2.95 bits per heavy atom. The van der Waals surface area contributed by atoms with E-state index in [1.165, 1.54) is 5.56 Å². The topological polar surface area (TPSA) is 42.2 Å². The molecule has 98 valence electrons. The van der Waals surface area contributed by atoms with Gasteiger partial charge in [0.25, 0.3) is 0 Å². The summed E-state index contributed by atoms with van der Waals surface area (Å²) >= 11 is 0. The first-order valence-electron chi connectivity index (χ1n) is 6.63. The minimum Gasteiger partial charge on any atom is -0.464 e. The van der Waals surface area contributed by atoms with Gasteiger partial charge in [-0.3, -0.25) is 4.79 Å². The number of allylic oxidation sites excluding steroid dienone is 1. The largest absolute Gasteiger partial charge is 0.464 e. The highest BCUT2D eigenvalue weighted by atomic mass is 16.3.